The van der Waals surface area contributed by atoms with Crippen molar-refractivity contribution in [1.82, 2.24) is 21.3 Å². The van der Waals surface area contributed by atoms with Crippen molar-refractivity contribution in [1.29, 1.82) is 0 Å². The van der Waals surface area contributed by atoms with Crippen molar-refractivity contribution in [3.63, 3.8) is 0 Å². The molecule has 10 N–H and O–H groups in total. The number of hydrogen-bond donors (Lipinski definition) is 8. The first-order valence-corrected chi connectivity index (χ1v) is 11.6. The van der Waals surface area contributed by atoms with Crippen molar-refractivity contribution in [2.45, 2.75) is 72.4 Å². The normalized spacial score (nSPS) is 10.9. The number of guanidine groups is 1. The SMILES string of the molecule is CC.CC.CCC(=O)NC(CCCN=C(N)N)C(=O)NCC(=O)N[C@@H](CC(=O)O)C(=O)NCC(=O)O. The number of amides is 4. The second-order valence-corrected chi connectivity index (χ2v) is 6.47. The number of nitrogens with zero attached hydrogens (tertiary/aromatic N) is 1. The molecule has 0 aromatic carbocycles. The fourth-order valence-electron chi connectivity index (χ4n) is 2.27. The van der Waals surface area contributed by atoms with Gasteiger partial charge >= 0.3 is 11.9 Å². The molecule has 0 radical (unpaired) electrons. The maximum Gasteiger partial charge on any atom is 0.322 e. The number of carbonyl (C=O) groups is 6. The number of aliphatic imine (C=N–C) groups is 1. The molecule has 0 aromatic heterocycles. The van der Waals surface area contributed by atoms with Gasteiger partial charge in [-0.05, 0) is 12.8 Å². The van der Waals surface area contributed by atoms with Crippen molar-refractivity contribution in [3.8, 4) is 0 Å². The summed E-state index contributed by atoms with van der Waals surface area (Å²) in [6.45, 7) is 8.43. The van der Waals surface area contributed by atoms with Gasteiger partial charge in [-0.2, -0.15) is 0 Å². The fraction of sp³-hybridized carbons (Fsp3) is 0.667. The summed E-state index contributed by atoms with van der Waals surface area (Å²) in [6, 6.07) is -2.52. The minimum absolute atomic E-state index is 0.122. The van der Waals surface area contributed by atoms with Crippen molar-refractivity contribution in [3.05, 3.63) is 0 Å². The van der Waals surface area contributed by atoms with Gasteiger partial charge in [-0.3, -0.25) is 33.8 Å². The molecule has 36 heavy (non-hydrogen) atoms. The first kappa shape index (κ1) is 36.7. The molecular weight excluding hydrogens is 478 g/mol. The van der Waals surface area contributed by atoms with Crippen LogP contribution in [0.4, 0.5) is 0 Å². The van der Waals surface area contributed by atoms with Gasteiger partial charge in [-0.25, -0.2) is 0 Å². The summed E-state index contributed by atoms with van der Waals surface area (Å²) in [4.78, 5) is 73.2. The molecule has 208 valence electrons. The van der Waals surface area contributed by atoms with E-state index >= 15 is 0 Å². The third kappa shape index (κ3) is 20.7. The number of nitrogens with one attached hydrogen (secondary N) is 4. The highest BCUT2D eigenvalue weighted by Crippen LogP contribution is 2.00. The Morgan fingerprint density at radius 1 is 0.778 bits per heavy atom. The molecule has 0 aliphatic heterocycles. The molecule has 0 aliphatic carbocycles. The molecule has 0 bridgehead atoms. The lowest BCUT2D eigenvalue weighted by molar-refractivity contribution is -0.141. The van der Waals surface area contributed by atoms with Gasteiger partial charge in [0.15, 0.2) is 5.96 Å². The van der Waals surface area contributed by atoms with Crippen LogP contribution in [0.25, 0.3) is 0 Å². The van der Waals surface area contributed by atoms with E-state index in [1.807, 2.05) is 33.0 Å². The van der Waals surface area contributed by atoms with Crippen LogP contribution in [0.15, 0.2) is 4.99 Å². The second-order valence-electron chi connectivity index (χ2n) is 6.47. The quantitative estimate of drug-likeness (QED) is 0.0688. The van der Waals surface area contributed by atoms with Crippen LogP contribution in [0.3, 0.4) is 0 Å². The van der Waals surface area contributed by atoms with Gasteiger partial charge in [0, 0.05) is 13.0 Å². The minimum atomic E-state index is -1.55. The van der Waals surface area contributed by atoms with E-state index in [2.05, 4.69) is 20.9 Å². The van der Waals surface area contributed by atoms with Crippen molar-refractivity contribution in [2.24, 2.45) is 16.5 Å². The highest BCUT2D eigenvalue weighted by molar-refractivity contribution is 5.94. The Morgan fingerprint density at radius 2 is 1.28 bits per heavy atom. The van der Waals surface area contributed by atoms with Crippen LogP contribution in [0.5, 0.6) is 0 Å². The van der Waals surface area contributed by atoms with Gasteiger partial charge in [0.05, 0.1) is 13.0 Å². The standard InChI is InChI=1S/C17H29N7O8.2C2H6/c1-2-11(25)23-9(4-3-5-20-17(18)19)15(31)21-7-12(26)24-10(6-13(27)28)16(32)22-8-14(29)30;2*1-2/h9-10H,2-8H2,1H3,(H,21,31)(H,22,32)(H,23,25)(H,24,26)(H,27,28)(H,29,30)(H4,18,19,20);2*1-2H3/t9?,10-;;/m0../s1. The molecule has 15 heteroatoms. The lowest BCUT2D eigenvalue weighted by Gasteiger charge is -2.19. The molecule has 15 nitrogen and oxygen atoms in total. The van der Waals surface area contributed by atoms with E-state index in [4.69, 9.17) is 21.7 Å². The number of nitrogens with two attached hydrogens (primary N) is 2. The largest absolute Gasteiger partial charge is 0.481 e. The lowest BCUT2D eigenvalue weighted by atomic mass is 10.1. The Morgan fingerprint density at radius 3 is 1.75 bits per heavy atom. The van der Waals surface area contributed by atoms with Crippen LogP contribution < -0.4 is 32.7 Å². The molecule has 0 fully saturated rings. The van der Waals surface area contributed by atoms with Crippen LogP contribution in [-0.4, -0.2) is 83.5 Å². The second kappa shape index (κ2) is 22.9. The zero-order valence-corrected chi connectivity index (χ0v) is 21.6. The molecule has 1 unspecified atom stereocenters. The fourth-order valence-corrected chi connectivity index (χ4v) is 2.27. The molecule has 0 aromatic rings. The van der Waals surface area contributed by atoms with Crippen LogP contribution in [0.1, 0.15) is 60.3 Å². The van der Waals surface area contributed by atoms with E-state index in [1.54, 1.807) is 6.92 Å². The lowest BCUT2D eigenvalue weighted by Crippen LogP contribution is -2.53. The molecule has 0 rings (SSSR count). The molecule has 0 spiro atoms. The minimum Gasteiger partial charge on any atom is -0.481 e. The summed E-state index contributed by atoms with van der Waals surface area (Å²) in [5, 5.41) is 26.3. The molecule has 0 heterocycles. The summed E-state index contributed by atoms with van der Waals surface area (Å²) in [5.74, 6) is -5.87. The summed E-state index contributed by atoms with van der Waals surface area (Å²) in [7, 11) is 0. The third-order valence-electron chi connectivity index (χ3n) is 3.79. The zero-order valence-electron chi connectivity index (χ0n) is 21.6. The van der Waals surface area contributed by atoms with E-state index in [9.17, 15) is 28.8 Å². The predicted octanol–water partition coefficient (Wildman–Crippen LogP) is -1.74. The predicted molar refractivity (Wildman–Crippen MR) is 133 cm³/mol. The van der Waals surface area contributed by atoms with Gasteiger partial charge in [0.2, 0.25) is 23.6 Å². The Hall–Kier alpha value is -3.91. The van der Waals surface area contributed by atoms with Gasteiger partial charge < -0.3 is 42.9 Å². The van der Waals surface area contributed by atoms with Gasteiger partial charge in [-0.15, -0.1) is 0 Å². The van der Waals surface area contributed by atoms with Crippen molar-refractivity contribution in [2.75, 3.05) is 19.6 Å². The van der Waals surface area contributed by atoms with E-state index in [0.717, 1.165) is 0 Å². The van der Waals surface area contributed by atoms with Crippen LogP contribution >= 0.6 is 0 Å². The van der Waals surface area contributed by atoms with Gasteiger partial charge in [0.25, 0.3) is 0 Å². The van der Waals surface area contributed by atoms with E-state index in [1.165, 1.54) is 0 Å². The number of carboxylic acids is 2. The Balaban J connectivity index is -0.00000258. The van der Waals surface area contributed by atoms with E-state index in [-0.39, 0.29) is 25.3 Å². The Bertz CT molecular complexity index is 740. The summed E-state index contributed by atoms with van der Waals surface area (Å²) < 4.78 is 0. The first-order valence-electron chi connectivity index (χ1n) is 11.6. The summed E-state index contributed by atoms with van der Waals surface area (Å²) >= 11 is 0. The maximum absolute atomic E-state index is 12.4. The van der Waals surface area contributed by atoms with E-state index < -0.39 is 67.2 Å². The van der Waals surface area contributed by atoms with Crippen LogP contribution in [0, 0.1) is 0 Å². The summed E-state index contributed by atoms with van der Waals surface area (Å²) in [6.07, 6.45) is -0.141. The topological polar surface area (TPSA) is 255 Å². The molecule has 2 atom stereocenters. The van der Waals surface area contributed by atoms with Crippen molar-refractivity contribution >= 4 is 41.5 Å². The highest BCUT2D eigenvalue weighted by atomic mass is 16.4. The molecule has 0 aliphatic rings. The Labute approximate surface area is 210 Å². The molecule has 4 amide bonds. The third-order valence-corrected chi connectivity index (χ3v) is 3.79. The molecule has 0 saturated carbocycles. The first-order chi connectivity index (χ1) is 17.0. The number of rotatable bonds is 15. The maximum atomic E-state index is 12.4. The van der Waals surface area contributed by atoms with Gasteiger partial charge in [0.1, 0.15) is 18.6 Å². The number of carboxylic acid groups (broad SMARTS) is 2. The van der Waals surface area contributed by atoms with Gasteiger partial charge in [-0.1, -0.05) is 34.6 Å². The smallest absolute Gasteiger partial charge is 0.322 e. The molecular formula is C21H41N7O8. The van der Waals surface area contributed by atoms with E-state index in [0.29, 0.717) is 6.42 Å². The average Bonchev–Trinajstić information content (AvgIpc) is 2.84. The van der Waals surface area contributed by atoms with Crippen LogP contribution in [0.2, 0.25) is 0 Å². The number of carbonyl (C=O) groups excluding carboxylic acids is 4. The highest BCUT2D eigenvalue weighted by Gasteiger charge is 2.25. The zero-order chi connectivity index (χ0) is 28.7. The molecule has 0 saturated heterocycles. The number of aliphatic carboxylic acids is 2. The van der Waals surface area contributed by atoms with Crippen LogP contribution in [-0.2, 0) is 28.8 Å². The average molecular weight is 520 g/mol. The Kier molecular flexibility index (Phi) is 23.3. The summed E-state index contributed by atoms with van der Waals surface area (Å²) in [5.41, 5.74) is 10.4. The number of hydrogen-bond acceptors (Lipinski definition) is 7. The monoisotopic (exact) mass is 519 g/mol. The van der Waals surface area contributed by atoms with Crippen molar-refractivity contribution < 1.29 is 39.0 Å².